The van der Waals surface area contributed by atoms with Gasteiger partial charge >= 0.3 is 0 Å². The number of benzene rings is 1. The number of rotatable bonds is 3. The van der Waals surface area contributed by atoms with Crippen molar-refractivity contribution in [1.29, 1.82) is 0 Å². The van der Waals surface area contributed by atoms with Gasteiger partial charge in [0, 0.05) is 17.1 Å². The van der Waals surface area contributed by atoms with Gasteiger partial charge in [0.15, 0.2) is 0 Å². The Balaban J connectivity index is 2.43. The molecule has 0 amide bonds. The lowest BCUT2D eigenvalue weighted by molar-refractivity contribution is 0.281. The van der Waals surface area contributed by atoms with Crippen LogP contribution in [0.1, 0.15) is 32.3 Å². The smallest absolute Gasteiger partial charge is 0.243 e. The molecule has 19 heavy (non-hydrogen) atoms. The van der Waals surface area contributed by atoms with Crippen LogP contribution >= 0.6 is 11.6 Å². The molecule has 0 atom stereocenters. The minimum Gasteiger partial charge on any atom is -0.392 e. The van der Waals surface area contributed by atoms with E-state index in [0.717, 1.165) is 12.8 Å². The Morgan fingerprint density at radius 2 is 2.11 bits per heavy atom. The molecule has 0 bridgehead atoms. The first-order valence-electron chi connectivity index (χ1n) is 6.21. The molecule has 1 saturated heterocycles. The van der Waals surface area contributed by atoms with Gasteiger partial charge in [-0.2, -0.15) is 4.31 Å². The monoisotopic (exact) mass is 303 g/mol. The zero-order valence-electron chi connectivity index (χ0n) is 11.1. The maximum Gasteiger partial charge on any atom is 0.243 e. The Morgan fingerprint density at radius 1 is 1.42 bits per heavy atom. The zero-order chi connectivity index (χ0) is 14.3. The first kappa shape index (κ1) is 14.8. The van der Waals surface area contributed by atoms with E-state index in [1.165, 1.54) is 16.4 Å². The zero-order valence-corrected chi connectivity index (χ0v) is 12.6. The van der Waals surface area contributed by atoms with Crippen molar-refractivity contribution in [2.24, 2.45) is 0 Å². The Kier molecular flexibility index (Phi) is 3.93. The van der Waals surface area contributed by atoms with E-state index in [4.69, 9.17) is 16.7 Å². The molecule has 4 nitrogen and oxygen atoms in total. The van der Waals surface area contributed by atoms with E-state index >= 15 is 0 Å². The Morgan fingerprint density at radius 3 is 2.58 bits per heavy atom. The summed E-state index contributed by atoms with van der Waals surface area (Å²) in [4.78, 5) is 0.185. The van der Waals surface area contributed by atoms with E-state index in [1.54, 1.807) is 6.07 Å². The fraction of sp³-hybridized carbons (Fsp3) is 0.538. The van der Waals surface area contributed by atoms with Gasteiger partial charge in [-0.1, -0.05) is 17.7 Å². The lowest BCUT2D eigenvalue weighted by Gasteiger charge is -2.30. The van der Waals surface area contributed by atoms with Crippen molar-refractivity contribution in [3.05, 3.63) is 28.8 Å². The second-order valence-electron chi connectivity index (χ2n) is 5.40. The highest BCUT2D eigenvalue weighted by Crippen LogP contribution is 2.34. The summed E-state index contributed by atoms with van der Waals surface area (Å²) in [5.41, 5.74) is 0.169. The lowest BCUT2D eigenvalue weighted by atomic mass is 10.0. The quantitative estimate of drug-likeness (QED) is 0.933. The van der Waals surface area contributed by atoms with Gasteiger partial charge in [0.2, 0.25) is 10.0 Å². The van der Waals surface area contributed by atoms with Crippen LogP contribution in [0.25, 0.3) is 0 Å². The summed E-state index contributed by atoms with van der Waals surface area (Å²) in [6.07, 6.45) is 1.73. The second kappa shape index (κ2) is 5.05. The number of aliphatic hydroxyl groups excluding tert-OH is 1. The molecule has 1 aliphatic rings. The van der Waals surface area contributed by atoms with Gasteiger partial charge in [-0.25, -0.2) is 8.42 Å². The lowest BCUT2D eigenvalue weighted by Crippen LogP contribution is -2.42. The molecule has 1 aromatic carbocycles. The SMILES string of the molecule is CC1(C)CCCN1S(=O)(=O)c1ccc(CO)c(Cl)c1. The Hall–Kier alpha value is -0.620. The summed E-state index contributed by atoms with van der Waals surface area (Å²) in [7, 11) is -3.53. The van der Waals surface area contributed by atoms with Crippen LogP contribution < -0.4 is 0 Å². The Bertz CT molecular complexity index is 584. The third kappa shape index (κ3) is 2.65. The van der Waals surface area contributed by atoms with Crippen LogP contribution in [0, 0.1) is 0 Å². The molecule has 0 saturated carbocycles. The summed E-state index contributed by atoms with van der Waals surface area (Å²) in [6.45, 7) is 4.20. The standard InChI is InChI=1S/C13H18ClNO3S/c1-13(2)6-3-7-15(13)19(17,18)11-5-4-10(9-16)12(14)8-11/h4-5,8,16H,3,6-7,9H2,1-2H3. The number of hydrogen-bond donors (Lipinski definition) is 1. The summed E-state index contributed by atoms with van der Waals surface area (Å²) >= 11 is 5.97. The molecule has 0 radical (unpaired) electrons. The highest BCUT2D eigenvalue weighted by atomic mass is 35.5. The van der Waals surface area contributed by atoms with E-state index in [2.05, 4.69) is 0 Å². The van der Waals surface area contributed by atoms with Crippen LogP contribution in [0.5, 0.6) is 0 Å². The van der Waals surface area contributed by atoms with Crippen LogP contribution in [0.3, 0.4) is 0 Å². The van der Waals surface area contributed by atoms with Crippen molar-refractivity contribution < 1.29 is 13.5 Å². The normalized spacial score (nSPS) is 19.8. The summed E-state index contributed by atoms with van der Waals surface area (Å²) in [5.74, 6) is 0. The van der Waals surface area contributed by atoms with Gasteiger partial charge in [0.05, 0.1) is 11.5 Å². The van der Waals surface area contributed by atoms with Crippen LogP contribution in [0.4, 0.5) is 0 Å². The first-order chi connectivity index (χ1) is 8.79. The van der Waals surface area contributed by atoms with Gasteiger partial charge in [0.1, 0.15) is 0 Å². The van der Waals surface area contributed by atoms with Gasteiger partial charge in [0.25, 0.3) is 0 Å². The van der Waals surface area contributed by atoms with Gasteiger partial charge < -0.3 is 5.11 Å². The molecule has 1 aromatic rings. The molecule has 0 aromatic heterocycles. The number of sulfonamides is 1. The van der Waals surface area contributed by atoms with Crippen molar-refractivity contribution in [1.82, 2.24) is 4.31 Å². The number of aliphatic hydroxyl groups is 1. The molecule has 2 rings (SSSR count). The van der Waals surface area contributed by atoms with E-state index in [-0.39, 0.29) is 22.1 Å². The minimum atomic E-state index is -3.53. The first-order valence-corrected chi connectivity index (χ1v) is 8.03. The third-order valence-corrected chi connectivity index (χ3v) is 6.07. The predicted molar refractivity (Wildman–Crippen MR) is 74.6 cm³/mol. The molecule has 1 aliphatic heterocycles. The maximum atomic E-state index is 12.6. The van der Waals surface area contributed by atoms with Crippen molar-refractivity contribution in [3.8, 4) is 0 Å². The van der Waals surface area contributed by atoms with Crippen molar-refractivity contribution >= 4 is 21.6 Å². The molecule has 1 N–H and O–H groups in total. The molecule has 6 heteroatoms. The Labute approximate surface area is 119 Å². The summed E-state index contributed by atoms with van der Waals surface area (Å²) < 4.78 is 26.7. The largest absolute Gasteiger partial charge is 0.392 e. The molecular weight excluding hydrogens is 286 g/mol. The van der Waals surface area contributed by atoms with Crippen LogP contribution in [0.2, 0.25) is 5.02 Å². The van der Waals surface area contributed by atoms with Crippen molar-refractivity contribution in [2.45, 2.75) is 43.7 Å². The molecule has 0 unspecified atom stereocenters. The number of halogens is 1. The minimum absolute atomic E-state index is 0.185. The van der Waals surface area contributed by atoms with Gasteiger partial charge in [-0.15, -0.1) is 0 Å². The number of nitrogens with zero attached hydrogens (tertiary/aromatic N) is 1. The van der Waals surface area contributed by atoms with Gasteiger partial charge in [-0.3, -0.25) is 0 Å². The van der Waals surface area contributed by atoms with Crippen LogP contribution in [-0.4, -0.2) is 29.9 Å². The topological polar surface area (TPSA) is 57.6 Å². The fourth-order valence-corrected chi connectivity index (χ4v) is 4.65. The molecule has 0 spiro atoms. The summed E-state index contributed by atoms with van der Waals surface area (Å²) in [5, 5.41) is 9.34. The molecule has 0 aliphatic carbocycles. The average Bonchev–Trinajstić information content (AvgIpc) is 2.69. The van der Waals surface area contributed by atoms with Gasteiger partial charge in [-0.05, 0) is 44.4 Å². The van der Waals surface area contributed by atoms with E-state index in [9.17, 15) is 8.42 Å². The molecule has 106 valence electrons. The van der Waals surface area contributed by atoms with Crippen molar-refractivity contribution in [3.63, 3.8) is 0 Å². The summed E-state index contributed by atoms with van der Waals surface area (Å²) in [6, 6.07) is 4.47. The highest BCUT2D eigenvalue weighted by molar-refractivity contribution is 7.89. The van der Waals surface area contributed by atoms with E-state index in [1.807, 2.05) is 13.8 Å². The van der Waals surface area contributed by atoms with Crippen molar-refractivity contribution in [2.75, 3.05) is 6.54 Å². The predicted octanol–water partition coefficient (Wildman–Crippen LogP) is 2.40. The fourth-order valence-electron chi connectivity index (χ4n) is 2.47. The van der Waals surface area contributed by atoms with Crippen LogP contribution in [-0.2, 0) is 16.6 Å². The van der Waals surface area contributed by atoms with E-state index in [0.29, 0.717) is 12.1 Å². The van der Waals surface area contributed by atoms with E-state index < -0.39 is 10.0 Å². The molecule has 1 heterocycles. The van der Waals surface area contributed by atoms with Crippen LogP contribution in [0.15, 0.2) is 23.1 Å². The average molecular weight is 304 g/mol. The third-order valence-electron chi connectivity index (χ3n) is 3.61. The highest BCUT2D eigenvalue weighted by Gasteiger charge is 2.40. The molecular formula is C13H18ClNO3S. The maximum absolute atomic E-state index is 12.6. The number of hydrogen-bond acceptors (Lipinski definition) is 3. The molecule has 1 fully saturated rings. The second-order valence-corrected chi connectivity index (χ2v) is 7.67.